The fourth-order valence-corrected chi connectivity index (χ4v) is 9.82. The van der Waals surface area contributed by atoms with Crippen LogP contribution in [-0.4, -0.2) is 23.2 Å². The summed E-state index contributed by atoms with van der Waals surface area (Å²) in [5.74, 6) is -0.523. The lowest BCUT2D eigenvalue weighted by Crippen LogP contribution is -1.84. The molecule has 0 bridgehead atoms. The van der Waals surface area contributed by atoms with Gasteiger partial charge in [-0.1, -0.05) is 25.2 Å². The minimum atomic E-state index is -2.44. The van der Waals surface area contributed by atoms with Gasteiger partial charge in [0.15, 0.2) is 0 Å². The van der Waals surface area contributed by atoms with Crippen molar-refractivity contribution >= 4 is 40.3 Å². The molecule has 0 fully saturated rings. The van der Waals surface area contributed by atoms with Crippen molar-refractivity contribution in [1.29, 1.82) is 0 Å². The Kier molecular flexibility index (Phi) is 9.36. The molecular weight excluding hydrogens is 243 g/mol. The Bertz CT molecular complexity index is 156. The minimum Gasteiger partial charge on any atom is -0.314 e. The Labute approximate surface area is 93.3 Å². The Morgan fingerprint density at radius 3 is 2.31 bits per heavy atom. The van der Waals surface area contributed by atoms with Crippen LogP contribution in [0.15, 0.2) is 0 Å². The van der Waals surface area contributed by atoms with Crippen LogP contribution in [0.5, 0.6) is 0 Å². The van der Waals surface area contributed by atoms with E-state index in [0.29, 0.717) is 6.61 Å². The summed E-state index contributed by atoms with van der Waals surface area (Å²) in [6.07, 6.45) is 0. The van der Waals surface area contributed by atoms with E-state index >= 15 is 0 Å². The Hall–Kier alpha value is 1.24. The predicted molar refractivity (Wildman–Crippen MR) is 68.0 cm³/mol. The lowest BCUT2D eigenvalue weighted by molar-refractivity contribution is 0.357. The predicted octanol–water partition coefficient (Wildman–Crippen LogP) is 4.33. The second kappa shape index (κ2) is 8.54. The number of hydrogen-bond acceptors (Lipinski definition) is 5. The van der Waals surface area contributed by atoms with Gasteiger partial charge in [0, 0.05) is 10.8 Å². The van der Waals surface area contributed by atoms with E-state index in [1.165, 1.54) is 22.8 Å². The number of thioether (sulfide) groups is 1. The van der Waals surface area contributed by atoms with Crippen LogP contribution in [0.1, 0.15) is 20.8 Å². The van der Waals surface area contributed by atoms with Gasteiger partial charge in [-0.15, -0.1) is 0 Å². The molecule has 0 spiro atoms. The van der Waals surface area contributed by atoms with Crippen molar-refractivity contribution in [3.05, 3.63) is 0 Å². The maximum Gasteiger partial charge on any atom is 0.313 e. The van der Waals surface area contributed by atoms with E-state index in [-0.39, 0.29) is 0 Å². The van der Waals surface area contributed by atoms with Gasteiger partial charge in [0.25, 0.3) is 0 Å². The molecule has 1 atom stereocenters. The molecule has 0 saturated carbocycles. The second-order valence-electron chi connectivity index (χ2n) is 2.02. The largest absolute Gasteiger partial charge is 0.314 e. The molecule has 0 aromatic rings. The smallest absolute Gasteiger partial charge is 0.313 e. The molecule has 0 amide bonds. The first-order chi connectivity index (χ1) is 6.18. The van der Waals surface area contributed by atoms with Gasteiger partial charge >= 0.3 is 5.77 Å². The molecule has 0 aliphatic rings. The highest BCUT2D eigenvalue weighted by Gasteiger charge is 2.22. The summed E-state index contributed by atoms with van der Waals surface area (Å²) >= 11 is 4.68. The number of hydrogen-bond donors (Lipinski definition) is 0. The maximum atomic E-state index is 12.0. The third kappa shape index (κ3) is 7.20. The van der Waals surface area contributed by atoms with Crippen molar-refractivity contribution in [2.24, 2.45) is 0 Å². The van der Waals surface area contributed by atoms with Crippen molar-refractivity contribution < 1.29 is 9.09 Å². The van der Waals surface area contributed by atoms with Gasteiger partial charge in [-0.05, 0) is 24.1 Å². The molecule has 0 radical (unpaired) electrons. The first-order valence-corrected chi connectivity index (χ1v) is 10.3. The minimum absolute atomic E-state index is 0.536. The van der Waals surface area contributed by atoms with Crippen molar-refractivity contribution in [3.8, 4) is 0 Å². The van der Waals surface area contributed by atoms with Crippen LogP contribution in [0.25, 0.3) is 0 Å². The summed E-state index contributed by atoms with van der Waals surface area (Å²) in [6, 6.07) is 0. The molecule has 80 valence electrons. The molecule has 1 unspecified atom stereocenters. The Morgan fingerprint density at radius 1 is 1.15 bits per heavy atom. The van der Waals surface area contributed by atoms with Crippen molar-refractivity contribution in [3.63, 3.8) is 0 Å². The molecular formula is C7H17O2PS3. The zero-order chi connectivity index (χ0) is 10.2. The molecule has 0 aromatic carbocycles. The van der Waals surface area contributed by atoms with Crippen LogP contribution in [0.2, 0.25) is 0 Å². The fourth-order valence-electron chi connectivity index (χ4n) is 0.613. The topological polar surface area (TPSA) is 26.3 Å². The van der Waals surface area contributed by atoms with E-state index in [2.05, 4.69) is 6.92 Å². The first-order valence-electron chi connectivity index (χ1n) is 4.29. The zero-order valence-corrected chi connectivity index (χ0v) is 11.7. The molecule has 0 aromatic heterocycles. The van der Waals surface area contributed by atoms with E-state index in [0.717, 1.165) is 16.6 Å². The molecule has 6 heteroatoms. The normalized spacial score (nSPS) is 15.6. The summed E-state index contributed by atoms with van der Waals surface area (Å²) in [5, 5.41) is 0.862. The Balaban J connectivity index is 3.85. The van der Waals surface area contributed by atoms with Crippen LogP contribution in [-0.2, 0) is 9.09 Å². The van der Waals surface area contributed by atoms with Gasteiger partial charge in [0.1, 0.15) is 0 Å². The summed E-state index contributed by atoms with van der Waals surface area (Å²) in [7, 11) is 0. The van der Waals surface area contributed by atoms with Crippen LogP contribution in [0, 0.1) is 0 Å². The molecule has 0 heterocycles. The zero-order valence-electron chi connectivity index (χ0n) is 8.32. The lowest BCUT2D eigenvalue weighted by Gasteiger charge is -2.14. The van der Waals surface area contributed by atoms with E-state index in [1.807, 2.05) is 13.8 Å². The van der Waals surface area contributed by atoms with E-state index < -0.39 is 5.77 Å². The van der Waals surface area contributed by atoms with Crippen LogP contribution < -0.4 is 0 Å². The van der Waals surface area contributed by atoms with Crippen molar-refractivity contribution in [1.82, 2.24) is 0 Å². The monoisotopic (exact) mass is 260 g/mol. The third-order valence-electron chi connectivity index (χ3n) is 1.07. The van der Waals surface area contributed by atoms with Gasteiger partial charge in [-0.25, -0.2) is 0 Å². The third-order valence-corrected chi connectivity index (χ3v) is 10.2. The molecule has 0 N–H and O–H groups in total. The van der Waals surface area contributed by atoms with Gasteiger partial charge in [0.05, 0.1) is 6.61 Å². The van der Waals surface area contributed by atoms with Crippen molar-refractivity contribution in [2.45, 2.75) is 20.8 Å². The highest BCUT2D eigenvalue weighted by atomic mass is 33.1. The van der Waals surface area contributed by atoms with Crippen molar-refractivity contribution in [2.75, 3.05) is 23.2 Å². The molecule has 0 saturated heterocycles. The summed E-state index contributed by atoms with van der Waals surface area (Å²) in [4.78, 5) is 0. The standard InChI is InChI=1S/C7H17O2PS3/c1-4-9-10(8,12-6-3)13-7-11-5-2/h4-7H2,1-3H3. The molecule has 0 aliphatic carbocycles. The quantitative estimate of drug-likeness (QED) is 0.368. The molecule has 0 rings (SSSR count). The van der Waals surface area contributed by atoms with Crippen LogP contribution >= 0.6 is 40.3 Å². The van der Waals surface area contributed by atoms with E-state index in [4.69, 9.17) is 4.52 Å². The van der Waals surface area contributed by atoms with Gasteiger partial charge in [-0.2, -0.15) is 11.8 Å². The first kappa shape index (κ1) is 14.2. The average molecular weight is 260 g/mol. The van der Waals surface area contributed by atoms with Gasteiger partial charge in [0.2, 0.25) is 0 Å². The summed E-state index contributed by atoms with van der Waals surface area (Å²) in [6.45, 7) is 6.53. The van der Waals surface area contributed by atoms with E-state index in [9.17, 15) is 4.57 Å². The summed E-state index contributed by atoms with van der Waals surface area (Å²) < 4.78 is 17.3. The van der Waals surface area contributed by atoms with Gasteiger partial charge < -0.3 is 4.52 Å². The highest BCUT2D eigenvalue weighted by molar-refractivity contribution is 8.89. The molecule has 0 aliphatic heterocycles. The second-order valence-corrected chi connectivity index (χ2v) is 11.3. The maximum absolute atomic E-state index is 12.0. The highest BCUT2D eigenvalue weighted by Crippen LogP contribution is 2.70. The molecule has 13 heavy (non-hydrogen) atoms. The summed E-state index contributed by atoms with van der Waals surface area (Å²) in [5.41, 5.74) is 0. The average Bonchev–Trinajstić information content (AvgIpc) is 2.05. The van der Waals surface area contributed by atoms with Crippen LogP contribution in [0.4, 0.5) is 0 Å². The number of rotatable bonds is 8. The Morgan fingerprint density at radius 2 is 1.85 bits per heavy atom. The van der Waals surface area contributed by atoms with E-state index in [1.54, 1.807) is 11.8 Å². The van der Waals surface area contributed by atoms with Crippen LogP contribution in [0.3, 0.4) is 0 Å². The van der Waals surface area contributed by atoms with Gasteiger partial charge in [-0.3, -0.25) is 4.57 Å². The molecule has 2 nitrogen and oxygen atoms in total. The fraction of sp³-hybridized carbons (Fsp3) is 1.00. The lowest BCUT2D eigenvalue weighted by atomic mass is 10.9. The SMILES string of the molecule is CCOP(=O)(SCC)SCSCC.